The number of hydrogen-bond acceptors (Lipinski definition) is 11. The van der Waals surface area contributed by atoms with Crippen LogP contribution in [0.2, 0.25) is 0 Å². The molecule has 4 aliphatic rings. The van der Waals surface area contributed by atoms with Crippen LogP contribution in [-0.2, 0) is 22.3 Å². The van der Waals surface area contributed by atoms with E-state index in [1.807, 2.05) is 67.5 Å². The topological polar surface area (TPSA) is 178 Å². The lowest BCUT2D eigenvalue weighted by molar-refractivity contribution is -0.0671. The molecule has 2 N–H and O–H groups in total. The Labute approximate surface area is 338 Å². The highest BCUT2D eigenvalue weighted by Gasteiger charge is 2.35. The molecule has 6 aromatic heterocycles. The second-order valence-electron chi connectivity index (χ2n) is 15.6. The molecule has 0 bridgehead atoms. The van der Waals surface area contributed by atoms with Gasteiger partial charge in [-0.3, -0.25) is 14.9 Å². The third kappa shape index (κ3) is 9.46. The Morgan fingerprint density at radius 3 is 1.86 bits per heavy atom. The first-order valence-corrected chi connectivity index (χ1v) is 20.5. The van der Waals surface area contributed by atoms with Crippen molar-refractivity contribution < 1.29 is 9.47 Å². The van der Waals surface area contributed by atoms with E-state index in [9.17, 15) is 5.26 Å². The summed E-state index contributed by atoms with van der Waals surface area (Å²) < 4.78 is 10.1. The Balaban J connectivity index is 0.000000142. The highest BCUT2D eigenvalue weighted by Crippen LogP contribution is 2.31. The molecule has 13 nitrogen and oxygen atoms in total. The minimum absolute atomic E-state index is 0.0309. The van der Waals surface area contributed by atoms with Crippen LogP contribution in [0.4, 0.5) is 0 Å². The molecule has 58 heavy (non-hydrogen) atoms. The van der Waals surface area contributed by atoms with Gasteiger partial charge in [0.2, 0.25) is 0 Å². The molecule has 0 amide bonds. The van der Waals surface area contributed by atoms with Gasteiger partial charge in [0, 0.05) is 54.5 Å². The summed E-state index contributed by atoms with van der Waals surface area (Å²) in [6.45, 7) is 4.68. The molecule has 296 valence electrons. The first-order valence-electron chi connectivity index (χ1n) is 20.5. The molecule has 0 radical (unpaired) electrons. The van der Waals surface area contributed by atoms with Crippen LogP contribution in [-0.4, -0.2) is 90.3 Å². The van der Waals surface area contributed by atoms with Crippen molar-refractivity contribution in [1.29, 1.82) is 10.5 Å². The lowest BCUT2D eigenvalue weighted by atomic mass is 9.85. The number of nitrogens with zero attached hydrogens (tertiary/aromatic N) is 9. The number of ether oxygens (including phenoxy) is 2. The second kappa shape index (κ2) is 19.1. The van der Waals surface area contributed by atoms with E-state index in [0.29, 0.717) is 38.3 Å². The Kier molecular flexibility index (Phi) is 12.8. The highest BCUT2D eigenvalue weighted by molar-refractivity contribution is 5.75. The van der Waals surface area contributed by atoms with Gasteiger partial charge in [-0.05, 0) is 86.0 Å². The van der Waals surface area contributed by atoms with E-state index >= 15 is 0 Å². The number of aromatic nitrogens is 8. The number of nitrogens with one attached hydrogen (secondary N) is 2. The normalized spacial score (nSPS) is 19.0. The number of allylic oxidation sites excluding steroid dienone is 1. The van der Waals surface area contributed by atoms with Gasteiger partial charge >= 0.3 is 0 Å². The minimum atomic E-state index is -0.0309. The molecule has 3 aliphatic heterocycles. The Hall–Kier alpha value is -5.86. The smallest absolute Gasteiger partial charge is 0.156 e. The number of nitriles is 2. The maximum Gasteiger partial charge on any atom is 0.156 e. The van der Waals surface area contributed by atoms with Gasteiger partial charge in [-0.25, -0.2) is 19.9 Å². The van der Waals surface area contributed by atoms with Crippen molar-refractivity contribution in [2.24, 2.45) is 17.8 Å². The minimum Gasteiger partial charge on any atom is -0.380 e. The van der Waals surface area contributed by atoms with Gasteiger partial charge < -0.3 is 19.4 Å². The number of aromatic amines is 2. The number of fused-ring (bicyclic) bond motifs is 2. The Bertz CT molecular complexity index is 2390. The van der Waals surface area contributed by atoms with Gasteiger partial charge in [-0.15, -0.1) is 0 Å². The zero-order chi connectivity index (χ0) is 39.5. The summed E-state index contributed by atoms with van der Waals surface area (Å²) in [5.41, 5.74) is 10.7. The van der Waals surface area contributed by atoms with E-state index in [1.165, 1.54) is 43.9 Å². The number of likely N-dealkylation sites (tertiary alicyclic amines) is 1. The monoisotopic (exact) mass is 775 g/mol. The lowest BCUT2D eigenvalue weighted by Crippen LogP contribution is -2.51. The van der Waals surface area contributed by atoms with E-state index in [2.05, 4.69) is 48.0 Å². The van der Waals surface area contributed by atoms with E-state index in [0.717, 1.165) is 101 Å². The van der Waals surface area contributed by atoms with Crippen LogP contribution in [0.1, 0.15) is 56.3 Å². The van der Waals surface area contributed by atoms with Crippen molar-refractivity contribution in [1.82, 2.24) is 44.8 Å². The van der Waals surface area contributed by atoms with Crippen LogP contribution in [0, 0.1) is 40.4 Å². The number of hydrogen-bond donors (Lipinski definition) is 2. The van der Waals surface area contributed by atoms with Crippen molar-refractivity contribution in [2.75, 3.05) is 39.5 Å². The van der Waals surface area contributed by atoms with Crippen molar-refractivity contribution in [3.8, 4) is 34.7 Å². The average Bonchev–Trinajstić information content (AvgIpc) is 3.91. The van der Waals surface area contributed by atoms with Crippen molar-refractivity contribution in [3.05, 3.63) is 96.6 Å². The van der Waals surface area contributed by atoms with Gasteiger partial charge in [-0.2, -0.15) is 10.5 Å². The van der Waals surface area contributed by atoms with Gasteiger partial charge in [0.15, 0.2) is 11.3 Å². The van der Waals surface area contributed by atoms with Crippen LogP contribution < -0.4 is 0 Å². The maximum absolute atomic E-state index is 9.67. The molecule has 0 spiro atoms. The molecule has 1 saturated carbocycles. The Morgan fingerprint density at radius 2 is 1.34 bits per heavy atom. The molecule has 6 aromatic rings. The summed E-state index contributed by atoms with van der Waals surface area (Å²) in [6.07, 6.45) is 23.7. The summed E-state index contributed by atoms with van der Waals surface area (Å²) >= 11 is 0. The quantitative estimate of drug-likeness (QED) is 0.147. The van der Waals surface area contributed by atoms with E-state index in [-0.39, 0.29) is 6.04 Å². The molecule has 4 fully saturated rings. The lowest BCUT2D eigenvalue weighted by Gasteiger charge is -2.41. The molecule has 1 aliphatic carbocycles. The molecule has 13 heteroatoms. The molecule has 2 atom stereocenters. The van der Waals surface area contributed by atoms with Crippen molar-refractivity contribution in [3.63, 3.8) is 0 Å². The molecule has 10 rings (SSSR count). The van der Waals surface area contributed by atoms with Crippen LogP contribution >= 0.6 is 0 Å². The summed E-state index contributed by atoms with van der Waals surface area (Å²) in [5, 5.41) is 17.7. The van der Waals surface area contributed by atoms with Gasteiger partial charge in [0.25, 0.3) is 0 Å². The summed E-state index contributed by atoms with van der Waals surface area (Å²) in [4.78, 5) is 36.3. The standard InChI is InChI=1S/C22H24N6O.C18H20N4.C5H5NO/c23-10-21(16-13-29-14-16)28-8-2-3-15(12-28)9-19-17(4-1-6-24-19)20-11-26-22-18(27-20)5-7-25-22;1-2-5-13(6-3-1)11-16-14(7-4-9-19-16)17-12-21-18-15(22-17)8-10-20-18;6-2-1-5-3-7-4-5/h1,4-7,11,15-16,21H,2-3,8-9,12-14H2,(H,25,26);4,7-10,12-13H,1-3,5-6,11H2,(H,20,21);1H,3-4H2/t15-,21?;;/m1../s1. The summed E-state index contributed by atoms with van der Waals surface area (Å²) in [5.74, 6) is 1.61. The molecule has 0 aromatic carbocycles. The Morgan fingerprint density at radius 1 is 0.741 bits per heavy atom. The number of piperidine rings is 1. The fourth-order valence-corrected chi connectivity index (χ4v) is 8.36. The molecular weight excluding hydrogens is 727 g/mol. The zero-order valence-electron chi connectivity index (χ0n) is 32.8. The first kappa shape index (κ1) is 39.0. The molecule has 3 saturated heterocycles. The fraction of sp³-hybridized carbons (Fsp3) is 0.422. The SMILES string of the molecule is N#CC(C1COC1)N1CCC[C@H](Cc2ncccc2-c2cnc3[nH]ccc3n2)C1.N#CC=C1COC1.c1cnc(CC2CCCCC2)c(-c2cnc3[nH]ccc3n2)c1. The van der Waals surface area contributed by atoms with Crippen molar-refractivity contribution >= 4 is 22.3 Å². The maximum atomic E-state index is 9.67. The predicted octanol–water partition coefficient (Wildman–Crippen LogP) is 7.42. The predicted molar refractivity (Wildman–Crippen MR) is 221 cm³/mol. The van der Waals surface area contributed by atoms with Crippen LogP contribution in [0.3, 0.4) is 0 Å². The largest absolute Gasteiger partial charge is 0.380 e. The number of rotatable bonds is 8. The zero-order valence-corrected chi connectivity index (χ0v) is 32.8. The number of H-pyrrole nitrogens is 2. The van der Waals surface area contributed by atoms with Crippen LogP contribution in [0.25, 0.3) is 44.8 Å². The summed E-state index contributed by atoms with van der Waals surface area (Å²) in [7, 11) is 0. The third-order valence-electron chi connectivity index (χ3n) is 11.6. The highest BCUT2D eigenvalue weighted by atomic mass is 16.5. The molecular formula is C45H49N11O2. The van der Waals surface area contributed by atoms with Crippen LogP contribution in [0.15, 0.2) is 85.2 Å². The van der Waals surface area contributed by atoms with Crippen molar-refractivity contribution in [2.45, 2.75) is 63.8 Å². The number of pyridine rings is 2. The average molecular weight is 776 g/mol. The van der Waals surface area contributed by atoms with Gasteiger partial charge in [-0.1, -0.05) is 32.1 Å². The first-order chi connectivity index (χ1) is 28.6. The summed E-state index contributed by atoms with van der Waals surface area (Å²) in [6, 6.07) is 16.5. The van der Waals surface area contributed by atoms with E-state index in [4.69, 9.17) is 29.7 Å². The molecule has 1 unspecified atom stereocenters. The van der Waals surface area contributed by atoms with E-state index in [1.54, 1.807) is 0 Å². The fourth-order valence-electron chi connectivity index (χ4n) is 8.36. The molecule has 9 heterocycles. The van der Waals surface area contributed by atoms with Crippen LogP contribution in [0.5, 0.6) is 0 Å². The second-order valence-corrected chi connectivity index (χ2v) is 15.6. The van der Waals surface area contributed by atoms with Gasteiger partial charge in [0.05, 0.1) is 73.7 Å². The van der Waals surface area contributed by atoms with E-state index < -0.39 is 0 Å². The third-order valence-corrected chi connectivity index (χ3v) is 11.6. The van der Waals surface area contributed by atoms with Gasteiger partial charge in [0.1, 0.15) is 17.1 Å².